The summed E-state index contributed by atoms with van der Waals surface area (Å²) in [6.07, 6.45) is 5.87. The van der Waals surface area contributed by atoms with Crippen LogP contribution in [0.25, 0.3) is 0 Å². The highest BCUT2D eigenvalue weighted by atomic mass is 15.7. The van der Waals surface area contributed by atoms with Gasteiger partial charge in [-0.2, -0.15) is 4.79 Å². The molecule has 4 heteroatoms. The summed E-state index contributed by atoms with van der Waals surface area (Å²) in [5.41, 5.74) is 0.439. The first-order valence-electron chi connectivity index (χ1n) is 5.67. The van der Waals surface area contributed by atoms with Crippen LogP contribution in [0.3, 0.4) is 0 Å². The second kappa shape index (κ2) is 3.83. The number of rotatable bonds is 1. The maximum atomic E-state index is 4.16. The molecule has 0 spiro atoms. The van der Waals surface area contributed by atoms with Crippen molar-refractivity contribution in [3.8, 4) is 0 Å². The lowest BCUT2D eigenvalue weighted by molar-refractivity contribution is 0.186. The standard InChI is InChI=1S/C11H20N4/c1-11(2,3)10-4-6-14(7-5-10)15-9-12-8-13-15/h8-10H,4-7H2,1-3H3. The minimum Gasteiger partial charge on any atom is -0.295 e. The Morgan fingerprint density at radius 3 is 2.33 bits per heavy atom. The van der Waals surface area contributed by atoms with Crippen LogP contribution in [0, 0.1) is 11.3 Å². The Kier molecular flexibility index (Phi) is 2.67. The molecular formula is C11H20N4. The van der Waals surface area contributed by atoms with Gasteiger partial charge in [-0.1, -0.05) is 20.8 Å². The zero-order chi connectivity index (χ0) is 10.9. The van der Waals surface area contributed by atoms with Crippen LogP contribution >= 0.6 is 0 Å². The van der Waals surface area contributed by atoms with Gasteiger partial charge in [0.1, 0.15) is 12.7 Å². The van der Waals surface area contributed by atoms with Gasteiger partial charge in [-0.3, -0.25) is 5.01 Å². The average molecular weight is 208 g/mol. The topological polar surface area (TPSA) is 34.0 Å². The van der Waals surface area contributed by atoms with Crippen LogP contribution in [0.4, 0.5) is 0 Å². The van der Waals surface area contributed by atoms with Gasteiger partial charge >= 0.3 is 0 Å². The minimum absolute atomic E-state index is 0.439. The van der Waals surface area contributed by atoms with Crippen LogP contribution in [-0.4, -0.2) is 28.0 Å². The molecule has 1 aliphatic rings. The molecule has 0 N–H and O–H groups in total. The Balaban J connectivity index is 1.93. The first-order valence-corrected chi connectivity index (χ1v) is 5.67. The van der Waals surface area contributed by atoms with E-state index in [0.29, 0.717) is 5.41 Å². The Hall–Kier alpha value is -1.06. The number of hydrogen-bond acceptors (Lipinski definition) is 3. The molecule has 84 valence electrons. The maximum Gasteiger partial charge on any atom is 0.139 e. The summed E-state index contributed by atoms with van der Waals surface area (Å²) in [6.45, 7) is 9.19. The fourth-order valence-electron chi connectivity index (χ4n) is 2.28. The fraction of sp³-hybridized carbons (Fsp3) is 0.818. The van der Waals surface area contributed by atoms with Crippen LogP contribution in [0.2, 0.25) is 0 Å². The summed E-state index contributed by atoms with van der Waals surface area (Å²) >= 11 is 0. The van der Waals surface area contributed by atoms with E-state index in [-0.39, 0.29) is 0 Å². The molecule has 1 fully saturated rings. The van der Waals surface area contributed by atoms with Crippen molar-refractivity contribution >= 4 is 0 Å². The predicted molar refractivity (Wildman–Crippen MR) is 60.2 cm³/mol. The third-order valence-electron chi connectivity index (χ3n) is 3.39. The Bertz CT molecular complexity index is 291. The van der Waals surface area contributed by atoms with Crippen molar-refractivity contribution < 1.29 is 0 Å². The zero-order valence-electron chi connectivity index (χ0n) is 9.85. The number of aromatic nitrogens is 3. The molecule has 1 aromatic heterocycles. The number of piperidine rings is 1. The van der Waals surface area contributed by atoms with E-state index in [0.717, 1.165) is 19.0 Å². The molecule has 0 unspecified atom stereocenters. The van der Waals surface area contributed by atoms with Gasteiger partial charge < -0.3 is 0 Å². The van der Waals surface area contributed by atoms with E-state index in [4.69, 9.17) is 0 Å². The Labute approximate surface area is 91.3 Å². The summed E-state index contributed by atoms with van der Waals surface area (Å²) in [5, 5.41) is 6.42. The van der Waals surface area contributed by atoms with Gasteiger partial charge in [-0.25, -0.2) is 4.98 Å². The van der Waals surface area contributed by atoms with Crippen molar-refractivity contribution in [3.05, 3.63) is 12.7 Å². The molecule has 0 amide bonds. The van der Waals surface area contributed by atoms with E-state index in [1.54, 1.807) is 12.7 Å². The Morgan fingerprint density at radius 2 is 1.87 bits per heavy atom. The highest BCUT2D eigenvalue weighted by molar-refractivity contribution is 4.91. The molecule has 2 heterocycles. The third-order valence-corrected chi connectivity index (χ3v) is 3.39. The van der Waals surface area contributed by atoms with Crippen molar-refractivity contribution in [2.24, 2.45) is 11.3 Å². The van der Waals surface area contributed by atoms with Crippen molar-refractivity contribution in [3.63, 3.8) is 0 Å². The first-order chi connectivity index (χ1) is 7.07. The molecule has 1 aliphatic heterocycles. The summed E-state index contributed by atoms with van der Waals surface area (Å²) < 4.78 is 0. The van der Waals surface area contributed by atoms with Gasteiger partial charge in [0, 0.05) is 13.1 Å². The lowest BCUT2D eigenvalue weighted by Crippen LogP contribution is -2.44. The monoisotopic (exact) mass is 208 g/mol. The van der Waals surface area contributed by atoms with Crippen molar-refractivity contribution in [2.45, 2.75) is 33.6 Å². The highest BCUT2D eigenvalue weighted by Crippen LogP contribution is 2.33. The molecule has 0 saturated carbocycles. The normalized spacial score (nSPS) is 19.5. The second-order valence-corrected chi connectivity index (χ2v) is 5.41. The van der Waals surface area contributed by atoms with Crippen LogP contribution in [0.1, 0.15) is 33.6 Å². The van der Waals surface area contributed by atoms with Crippen LogP contribution < -0.4 is 5.01 Å². The van der Waals surface area contributed by atoms with Crippen LogP contribution in [-0.2, 0) is 0 Å². The minimum atomic E-state index is 0.439. The van der Waals surface area contributed by atoms with Gasteiger partial charge in [0.25, 0.3) is 0 Å². The second-order valence-electron chi connectivity index (χ2n) is 5.41. The van der Waals surface area contributed by atoms with Gasteiger partial charge in [-0.15, -0.1) is 5.10 Å². The van der Waals surface area contributed by atoms with E-state index in [1.807, 2.05) is 4.79 Å². The summed E-state index contributed by atoms with van der Waals surface area (Å²) in [7, 11) is 0. The molecule has 0 bridgehead atoms. The number of nitrogens with zero attached hydrogens (tertiary/aromatic N) is 4. The molecule has 1 saturated heterocycles. The quantitative estimate of drug-likeness (QED) is 0.704. The third kappa shape index (κ3) is 2.30. The van der Waals surface area contributed by atoms with E-state index in [1.165, 1.54) is 12.8 Å². The van der Waals surface area contributed by atoms with Crippen molar-refractivity contribution in [1.29, 1.82) is 0 Å². The predicted octanol–water partition coefficient (Wildman–Crippen LogP) is 1.67. The number of hydrogen-bond donors (Lipinski definition) is 0. The van der Waals surface area contributed by atoms with Crippen molar-refractivity contribution in [1.82, 2.24) is 14.9 Å². The molecular weight excluding hydrogens is 188 g/mol. The van der Waals surface area contributed by atoms with E-state index in [9.17, 15) is 0 Å². The summed E-state index contributed by atoms with van der Waals surface area (Å²) in [5.74, 6) is 0.831. The van der Waals surface area contributed by atoms with E-state index >= 15 is 0 Å². The summed E-state index contributed by atoms with van der Waals surface area (Å²) in [6, 6.07) is 0. The molecule has 0 aliphatic carbocycles. The van der Waals surface area contributed by atoms with Crippen LogP contribution in [0.5, 0.6) is 0 Å². The maximum absolute atomic E-state index is 4.16. The zero-order valence-corrected chi connectivity index (χ0v) is 9.85. The van der Waals surface area contributed by atoms with E-state index < -0.39 is 0 Å². The molecule has 0 radical (unpaired) electrons. The fourth-order valence-corrected chi connectivity index (χ4v) is 2.28. The first kappa shape index (κ1) is 10.5. The smallest absolute Gasteiger partial charge is 0.139 e. The van der Waals surface area contributed by atoms with Gasteiger partial charge in [-0.05, 0) is 24.2 Å². The molecule has 0 atom stereocenters. The summed E-state index contributed by atoms with van der Waals surface area (Å²) in [4.78, 5) is 5.84. The molecule has 2 rings (SSSR count). The van der Waals surface area contributed by atoms with Gasteiger partial charge in [0.05, 0.1) is 0 Å². The average Bonchev–Trinajstić information content (AvgIpc) is 2.69. The van der Waals surface area contributed by atoms with Crippen LogP contribution in [0.15, 0.2) is 12.7 Å². The SMILES string of the molecule is CC(C)(C)C1CCN(n2cncn2)CC1. The van der Waals surface area contributed by atoms with Crippen molar-refractivity contribution in [2.75, 3.05) is 18.1 Å². The van der Waals surface area contributed by atoms with Gasteiger partial charge in [0.15, 0.2) is 0 Å². The highest BCUT2D eigenvalue weighted by Gasteiger charge is 2.28. The Morgan fingerprint density at radius 1 is 1.20 bits per heavy atom. The molecule has 4 nitrogen and oxygen atoms in total. The largest absolute Gasteiger partial charge is 0.295 e. The molecule has 15 heavy (non-hydrogen) atoms. The van der Waals surface area contributed by atoms with E-state index in [2.05, 4.69) is 35.9 Å². The lowest BCUT2D eigenvalue weighted by atomic mass is 9.75. The van der Waals surface area contributed by atoms with Gasteiger partial charge in [0.2, 0.25) is 0 Å². The lowest BCUT2D eigenvalue weighted by Gasteiger charge is -2.39. The molecule has 1 aromatic rings. The molecule has 0 aromatic carbocycles.